The number of ether oxygens (including phenoxy) is 3. The first kappa shape index (κ1) is 26.4. The summed E-state index contributed by atoms with van der Waals surface area (Å²) in [5.41, 5.74) is 1.41. The number of nitrogens with one attached hydrogen (secondary N) is 1. The number of benzene rings is 2. The molecule has 0 aliphatic heterocycles. The minimum Gasteiger partial charge on any atom is -0.493 e. The summed E-state index contributed by atoms with van der Waals surface area (Å²) in [6, 6.07) is 12.6. The number of hydrogen-bond donors (Lipinski definition) is 2. The average Bonchev–Trinajstić information content (AvgIpc) is 2.85. The summed E-state index contributed by atoms with van der Waals surface area (Å²) < 4.78 is 17.8. The predicted octanol–water partition coefficient (Wildman–Crippen LogP) is 4.90. The highest BCUT2D eigenvalue weighted by Crippen LogP contribution is 2.34. The highest BCUT2D eigenvalue weighted by molar-refractivity contribution is 9.10. The van der Waals surface area contributed by atoms with Gasteiger partial charge in [0.15, 0.2) is 11.5 Å². The average molecular weight is 567 g/mol. The van der Waals surface area contributed by atoms with E-state index in [9.17, 15) is 14.7 Å². The lowest BCUT2D eigenvalue weighted by Gasteiger charge is -2.21. The summed E-state index contributed by atoms with van der Waals surface area (Å²) in [5, 5.41) is 17.2. The Labute approximate surface area is 215 Å². The van der Waals surface area contributed by atoms with Crippen LogP contribution < -0.4 is 25.1 Å². The number of nitrogens with zero attached hydrogens (tertiary/aromatic N) is 2. The summed E-state index contributed by atoms with van der Waals surface area (Å²) in [6.07, 6.45) is 0.178. The van der Waals surface area contributed by atoms with Gasteiger partial charge in [0.2, 0.25) is 0 Å². The lowest BCUT2D eigenvalue weighted by molar-refractivity contribution is -0.138. The van der Waals surface area contributed by atoms with Gasteiger partial charge in [-0.1, -0.05) is 36.7 Å². The quantitative estimate of drug-likeness (QED) is 0.337. The monoisotopic (exact) mass is 565 g/mol. The largest absolute Gasteiger partial charge is 0.493 e. The van der Waals surface area contributed by atoms with Gasteiger partial charge in [-0.2, -0.15) is 0 Å². The Morgan fingerprint density at radius 1 is 1.17 bits per heavy atom. The topological polar surface area (TPSA) is 112 Å². The molecule has 0 spiro atoms. The van der Waals surface area contributed by atoms with Gasteiger partial charge < -0.3 is 24.6 Å². The van der Waals surface area contributed by atoms with E-state index in [4.69, 9.17) is 25.8 Å². The van der Waals surface area contributed by atoms with E-state index in [-0.39, 0.29) is 10.4 Å². The van der Waals surface area contributed by atoms with Crippen molar-refractivity contribution < 1.29 is 24.1 Å². The molecule has 0 radical (unpaired) electrons. The van der Waals surface area contributed by atoms with Gasteiger partial charge in [-0.25, -0.2) is 4.68 Å². The molecule has 3 rings (SSSR count). The number of carbonyl (C=O) groups is 1. The molecule has 35 heavy (non-hydrogen) atoms. The van der Waals surface area contributed by atoms with E-state index in [0.29, 0.717) is 35.2 Å². The van der Waals surface area contributed by atoms with Gasteiger partial charge in [0.05, 0.1) is 14.2 Å². The SMILES string of the molecule is CCC(Oc1nn(CC(=O)O)c(=O)c(Br)c1NCc1ccc(OC)c(OC)c1)c1ccc(Cl)cc1. The smallest absolute Gasteiger partial charge is 0.325 e. The van der Waals surface area contributed by atoms with E-state index in [0.717, 1.165) is 15.8 Å². The van der Waals surface area contributed by atoms with Crippen LogP contribution in [0, 0.1) is 0 Å². The maximum atomic E-state index is 12.8. The van der Waals surface area contributed by atoms with Crippen LogP contribution >= 0.6 is 27.5 Å². The van der Waals surface area contributed by atoms with Gasteiger partial charge in [-0.05, 0) is 57.7 Å². The fourth-order valence-corrected chi connectivity index (χ4v) is 4.01. The van der Waals surface area contributed by atoms with Gasteiger partial charge >= 0.3 is 5.97 Å². The zero-order valence-electron chi connectivity index (χ0n) is 19.4. The number of aromatic nitrogens is 2. The van der Waals surface area contributed by atoms with Crippen molar-refractivity contribution in [2.45, 2.75) is 32.5 Å². The molecular weight excluding hydrogens is 542 g/mol. The maximum Gasteiger partial charge on any atom is 0.325 e. The molecule has 11 heteroatoms. The molecule has 1 unspecified atom stereocenters. The Hall–Kier alpha value is -3.24. The second-order valence-electron chi connectivity index (χ2n) is 7.46. The van der Waals surface area contributed by atoms with Crippen molar-refractivity contribution in [1.82, 2.24) is 9.78 Å². The maximum absolute atomic E-state index is 12.8. The summed E-state index contributed by atoms with van der Waals surface area (Å²) in [7, 11) is 3.10. The lowest BCUT2D eigenvalue weighted by Crippen LogP contribution is -2.29. The van der Waals surface area contributed by atoms with E-state index >= 15 is 0 Å². The van der Waals surface area contributed by atoms with E-state index in [1.165, 1.54) is 0 Å². The number of rotatable bonds is 11. The third kappa shape index (κ3) is 6.46. The van der Waals surface area contributed by atoms with Crippen molar-refractivity contribution in [2.24, 2.45) is 0 Å². The van der Waals surface area contributed by atoms with Crippen molar-refractivity contribution in [3.8, 4) is 17.4 Å². The Bertz CT molecular complexity index is 1250. The highest BCUT2D eigenvalue weighted by Gasteiger charge is 2.22. The fraction of sp³-hybridized carbons (Fsp3) is 0.292. The number of carboxylic acid groups (broad SMARTS) is 1. The van der Waals surface area contributed by atoms with Gasteiger partial charge in [0.25, 0.3) is 11.4 Å². The van der Waals surface area contributed by atoms with E-state index in [2.05, 4.69) is 26.3 Å². The molecule has 1 heterocycles. The van der Waals surface area contributed by atoms with Crippen molar-refractivity contribution in [3.63, 3.8) is 0 Å². The summed E-state index contributed by atoms with van der Waals surface area (Å²) in [5.74, 6) is 0.0347. The molecule has 9 nitrogen and oxygen atoms in total. The first-order valence-electron chi connectivity index (χ1n) is 10.7. The Morgan fingerprint density at radius 3 is 2.46 bits per heavy atom. The van der Waals surface area contributed by atoms with Crippen LogP contribution in [-0.4, -0.2) is 35.1 Å². The Kier molecular flexibility index (Phi) is 9.00. The first-order chi connectivity index (χ1) is 16.8. The van der Waals surface area contributed by atoms with E-state index < -0.39 is 24.2 Å². The number of carboxylic acids is 1. The molecule has 0 bridgehead atoms. The molecule has 0 aliphatic rings. The molecule has 0 fully saturated rings. The third-order valence-corrected chi connectivity index (χ3v) is 6.12. The van der Waals surface area contributed by atoms with Crippen LogP contribution in [0.5, 0.6) is 17.4 Å². The molecule has 3 aromatic rings. The van der Waals surface area contributed by atoms with Crippen LogP contribution in [0.15, 0.2) is 51.7 Å². The van der Waals surface area contributed by atoms with Gasteiger partial charge in [0.1, 0.15) is 22.8 Å². The van der Waals surface area contributed by atoms with Crippen molar-refractivity contribution in [2.75, 3.05) is 19.5 Å². The molecule has 0 aliphatic carbocycles. The molecule has 1 atom stereocenters. The van der Waals surface area contributed by atoms with Gasteiger partial charge in [0, 0.05) is 11.6 Å². The van der Waals surface area contributed by atoms with Crippen LogP contribution in [0.2, 0.25) is 5.02 Å². The standard InChI is InChI=1S/C24H25BrClN3O6/c1-4-17(15-6-8-16(26)9-7-15)35-23-22(21(25)24(32)29(28-23)13-20(30)31)27-12-14-5-10-18(33-2)19(11-14)34-3/h5-11,17,27H,4,12-13H2,1-3H3,(H,30,31). The molecule has 186 valence electrons. The Balaban J connectivity index is 1.99. The number of methoxy groups -OCH3 is 2. The number of aliphatic carboxylic acids is 1. The summed E-state index contributed by atoms with van der Waals surface area (Å²) in [6.45, 7) is 1.64. The van der Waals surface area contributed by atoms with Crippen LogP contribution in [-0.2, 0) is 17.9 Å². The number of hydrogen-bond acceptors (Lipinski definition) is 7. The summed E-state index contributed by atoms with van der Waals surface area (Å²) >= 11 is 9.32. The number of anilines is 1. The van der Waals surface area contributed by atoms with Gasteiger partial charge in [-0.15, -0.1) is 5.10 Å². The second-order valence-corrected chi connectivity index (χ2v) is 8.69. The van der Waals surface area contributed by atoms with Crippen LogP contribution in [0.3, 0.4) is 0 Å². The third-order valence-electron chi connectivity index (χ3n) is 5.14. The van der Waals surface area contributed by atoms with Crippen LogP contribution in [0.1, 0.15) is 30.6 Å². The number of halogens is 2. The molecule has 1 aromatic heterocycles. The predicted molar refractivity (Wildman–Crippen MR) is 136 cm³/mol. The molecular formula is C24H25BrClN3O6. The zero-order valence-corrected chi connectivity index (χ0v) is 21.7. The minimum absolute atomic E-state index is 0.0833. The molecule has 0 saturated heterocycles. The zero-order chi connectivity index (χ0) is 25.5. The van der Waals surface area contributed by atoms with Gasteiger partial charge in [-0.3, -0.25) is 9.59 Å². The van der Waals surface area contributed by atoms with Crippen molar-refractivity contribution >= 4 is 39.2 Å². The second kappa shape index (κ2) is 11.9. The fourth-order valence-electron chi connectivity index (χ4n) is 3.37. The molecule has 0 amide bonds. The van der Waals surface area contributed by atoms with Crippen LogP contribution in [0.4, 0.5) is 5.69 Å². The van der Waals surface area contributed by atoms with Crippen LogP contribution in [0.25, 0.3) is 0 Å². The van der Waals surface area contributed by atoms with E-state index in [1.807, 2.05) is 31.2 Å². The molecule has 2 N–H and O–H groups in total. The minimum atomic E-state index is -1.20. The van der Waals surface area contributed by atoms with E-state index in [1.54, 1.807) is 32.4 Å². The van der Waals surface area contributed by atoms with Crippen molar-refractivity contribution in [3.05, 3.63) is 73.4 Å². The van der Waals surface area contributed by atoms with Crippen molar-refractivity contribution in [1.29, 1.82) is 0 Å². The lowest BCUT2D eigenvalue weighted by atomic mass is 10.1. The first-order valence-corrected chi connectivity index (χ1v) is 11.8. The summed E-state index contributed by atoms with van der Waals surface area (Å²) in [4.78, 5) is 24.1. The molecule has 0 saturated carbocycles. The Morgan fingerprint density at radius 2 is 1.86 bits per heavy atom. The highest BCUT2D eigenvalue weighted by atomic mass is 79.9. The molecule has 2 aromatic carbocycles. The normalized spacial score (nSPS) is 11.6.